The molecule has 0 spiro atoms. The molecule has 0 N–H and O–H groups in total. The number of allylic oxidation sites excluding steroid dienone is 8. The van der Waals surface area contributed by atoms with Gasteiger partial charge in [-0.05, 0) is 51.9 Å². The van der Waals surface area contributed by atoms with Crippen molar-refractivity contribution in [3.63, 3.8) is 0 Å². The molecule has 30 heavy (non-hydrogen) atoms. The first-order chi connectivity index (χ1) is 14.6. The first kappa shape index (κ1) is 25.7. The lowest BCUT2D eigenvalue weighted by atomic mass is 9.89. The molecule has 1 rings (SSSR count). The summed E-state index contributed by atoms with van der Waals surface area (Å²) in [5.74, 6) is -0.419. The molecule has 0 fully saturated rings. The standard InChI is InChI=1S/C26H38O4/c1-5-6-7-8-9-10-11-12-13-14-15-16-17-18-19-20-22-21(2)23(27)25(29-3)26(30-4)24(22)28/h6-7,9-10,12-13H,5,8,11,14-20H2,1-4H3. The van der Waals surface area contributed by atoms with Crippen LogP contribution in [0.3, 0.4) is 0 Å². The number of ether oxygens (including phenoxy) is 2. The molecule has 4 heteroatoms. The fourth-order valence-corrected chi connectivity index (χ4v) is 3.41. The summed E-state index contributed by atoms with van der Waals surface area (Å²) in [6, 6.07) is 0. The SMILES string of the molecule is CCC=CCC=CCC=CCCCCCCCC1=C(C)C(=O)C(OC)=C(OC)C1=O. The van der Waals surface area contributed by atoms with E-state index in [0.29, 0.717) is 17.6 Å². The van der Waals surface area contributed by atoms with Crippen LogP contribution < -0.4 is 0 Å². The molecule has 0 saturated heterocycles. The van der Waals surface area contributed by atoms with E-state index < -0.39 is 0 Å². The maximum Gasteiger partial charge on any atom is 0.228 e. The van der Waals surface area contributed by atoms with Gasteiger partial charge < -0.3 is 9.47 Å². The van der Waals surface area contributed by atoms with Crippen molar-refractivity contribution >= 4 is 11.6 Å². The van der Waals surface area contributed by atoms with E-state index in [1.165, 1.54) is 27.1 Å². The van der Waals surface area contributed by atoms with Crippen LogP contribution in [0.4, 0.5) is 0 Å². The molecule has 4 nitrogen and oxygen atoms in total. The highest BCUT2D eigenvalue weighted by Crippen LogP contribution is 2.28. The van der Waals surface area contributed by atoms with E-state index in [1.54, 1.807) is 6.92 Å². The van der Waals surface area contributed by atoms with E-state index in [4.69, 9.17) is 9.47 Å². The molecule has 1 aliphatic carbocycles. The van der Waals surface area contributed by atoms with Crippen LogP contribution in [0, 0.1) is 0 Å². The Morgan fingerprint density at radius 3 is 1.87 bits per heavy atom. The third kappa shape index (κ3) is 8.56. The number of methoxy groups -OCH3 is 2. The van der Waals surface area contributed by atoms with Crippen molar-refractivity contribution in [3.05, 3.63) is 59.1 Å². The Morgan fingerprint density at radius 2 is 1.23 bits per heavy atom. The molecule has 0 heterocycles. The minimum atomic E-state index is -0.247. The second-order valence-corrected chi connectivity index (χ2v) is 7.43. The summed E-state index contributed by atoms with van der Waals surface area (Å²) in [6.45, 7) is 3.85. The number of ketones is 2. The largest absolute Gasteiger partial charge is 0.489 e. The minimum absolute atomic E-state index is 0.0145. The maximum absolute atomic E-state index is 12.6. The summed E-state index contributed by atoms with van der Waals surface area (Å²) < 4.78 is 10.2. The molecule has 0 unspecified atom stereocenters. The molecule has 0 atom stereocenters. The fraction of sp³-hybridized carbons (Fsp3) is 0.538. The van der Waals surface area contributed by atoms with E-state index in [2.05, 4.69) is 43.4 Å². The molecule has 0 aromatic heterocycles. The third-order valence-electron chi connectivity index (χ3n) is 5.17. The summed E-state index contributed by atoms with van der Waals surface area (Å²) in [4.78, 5) is 24.9. The van der Waals surface area contributed by atoms with Crippen LogP contribution in [0.5, 0.6) is 0 Å². The number of hydrogen-bond acceptors (Lipinski definition) is 4. The zero-order valence-electron chi connectivity index (χ0n) is 19.2. The minimum Gasteiger partial charge on any atom is -0.489 e. The van der Waals surface area contributed by atoms with Crippen LogP contribution >= 0.6 is 0 Å². The third-order valence-corrected chi connectivity index (χ3v) is 5.17. The summed E-state index contributed by atoms with van der Waals surface area (Å²) in [7, 11) is 2.78. The van der Waals surface area contributed by atoms with Crippen molar-refractivity contribution < 1.29 is 19.1 Å². The van der Waals surface area contributed by atoms with Gasteiger partial charge >= 0.3 is 0 Å². The van der Waals surface area contributed by atoms with Crippen molar-refractivity contribution in [1.29, 1.82) is 0 Å². The van der Waals surface area contributed by atoms with Crippen LogP contribution in [0.25, 0.3) is 0 Å². The zero-order chi connectivity index (χ0) is 22.2. The average molecular weight is 415 g/mol. The summed E-state index contributed by atoms with van der Waals surface area (Å²) in [5, 5.41) is 0. The highest BCUT2D eigenvalue weighted by molar-refractivity contribution is 6.23. The van der Waals surface area contributed by atoms with E-state index >= 15 is 0 Å². The normalized spacial score (nSPS) is 15.5. The summed E-state index contributed by atoms with van der Waals surface area (Å²) in [6.07, 6.45) is 23.6. The predicted molar refractivity (Wildman–Crippen MR) is 123 cm³/mol. The molecular formula is C26H38O4. The zero-order valence-corrected chi connectivity index (χ0v) is 19.2. The van der Waals surface area contributed by atoms with Gasteiger partial charge in [0.15, 0.2) is 0 Å². The number of carbonyl (C=O) groups excluding carboxylic acids is 2. The summed E-state index contributed by atoms with van der Waals surface area (Å²) >= 11 is 0. The van der Waals surface area contributed by atoms with Crippen molar-refractivity contribution in [3.8, 4) is 0 Å². The average Bonchev–Trinajstić information content (AvgIpc) is 2.75. The smallest absolute Gasteiger partial charge is 0.228 e. The Labute approximate surface area is 182 Å². The number of unbranched alkanes of at least 4 members (excludes halogenated alkanes) is 5. The van der Waals surface area contributed by atoms with Gasteiger partial charge in [0.1, 0.15) is 0 Å². The van der Waals surface area contributed by atoms with Crippen LogP contribution in [0.1, 0.15) is 78.1 Å². The van der Waals surface area contributed by atoms with Crippen molar-refractivity contribution in [2.45, 2.75) is 78.1 Å². The van der Waals surface area contributed by atoms with Crippen molar-refractivity contribution in [2.24, 2.45) is 0 Å². The lowest BCUT2D eigenvalue weighted by Crippen LogP contribution is -2.25. The Morgan fingerprint density at radius 1 is 0.700 bits per heavy atom. The van der Waals surface area contributed by atoms with Crippen molar-refractivity contribution in [1.82, 2.24) is 0 Å². The first-order valence-corrected chi connectivity index (χ1v) is 11.1. The van der Waals surface area contributed by atoms with Crippen LogP contribution in [-0.4, -0.2) is 25.8 Å². The quantitative estimate of drug-likeness (QED) is 0.173. The molecule has 0 radical (unpaired) electrons. The molecule has 1 aliphatic rings. The van der Waals surface area contributed by atoms with Gasteiger partial charge in [0.05, 0.1) is 14.2 Å². The molecular weight excluding hydrogens is 376 g/mol. The van der Waals surface area contributed by atoms with E-state index in [-0.39, 0.29) is 23.1 Å². The second kappa shape index (κ2) is 15.5. The van der Waals surface area contributed by atoms with E-state index in [1.807, 2.05) is 0 Å². The monoisotopic (exact) mass is 414 g/mol. The van der Waals surface area contributed by atoms with Crippen LogP contribution in [0.15, 0.2) is 59.1 Å². The molecule has 0 bridgehead atoms. The van der Waals surface area contributed by atoms with Gasteiger partial charge in [-0.2, -0.15) is 0 Å². The molecule has 0 aliphatic heterocycles. The lowest BCUT2D eigenvalue weighted by molar-refractivity contribution is -0.121. The Hall–Kier alpha value is -2.36. The number of rotatable bonds is 15. The number of Topliss-reactive ketones (excluding diaryl/α,β-unsaturated/α-hetero) is 2. The molecule has 0 saturated carbocycles. The van der Waals surface area contributed by atoms with Gasteiger partial charge in [-0.3, -0.25) is 9.59 Å². The first-order valence-electron chi connectivity index (χ1n) is 11.1. The Balaban J connectivity index is 2.20. The van der Waals surface area contributed by atoms with Gasteiger partial charge in [0, 0.05) is 11.1 Å². The van der Waals surface area contributed by atoms with Gasteiger partial charge in [0.25, 0.3) is 0 Å². The second-order valence-electron chi connectivity index (χ2n) is 7.43. The predicted octanol–water partition coefficient (Wildman–Crippen LogP) is 6.55. The van der Waals surface area contributed by atoms with Gasteiger partial charge in [-0.25, -0.2) is 0 Å². The molecule has 0 aromatic carbocycles. The highest BCUT2D eigenvalue weighted by atomic mass is 16.5. The number of hydrogen-bond donors (Lipinski definition) is 0. The van der Waals surface area contributed by atoms with Crippen molar-refractivity contribution in [2.75, 3.05) is 14.2 Å². The van der Waals surface area contributed by atoms with Gasteiger partial charge in [-0.1, -0.05) is 62.6 Å². The Bertz CT molecular complexity index is 705. The van der Waals surface area contributed by atoms with Gasteiger partial charge in [0.2, 0.25) is 23.1 Å². The lowest BCUT2D eigenvalue weighted by Gasteiger charge is -2.20. The maximum atomic E-state index is 12.6. The van der Waals surface area contributed by atoms with Gasteiger partial charge in [-0.15, -0.1) is 0 Å². The van der Waals surface area contributed by atoms with E-state index in [9.17, 15) is 9.59 Å². The van der Waals surface area contributed by atoms with Crippen LogP contribution in [-0.2, 0) is 19.1 Å². The fourth-order valence-electron chi connectivity index (χ4n) is 3.41. The molecule has 0 aromatic rings. The Kier molecular flexibility index (Phi) is 13.2. The van der Waals surface area contributed by atoms with E-state index in [0.717, 1.165) is 44.9 Å². The van der Waals surface area contributed by atoms with Crippen LogP contribution in [0.2, 0.25) is 0 Å². The number of carbonyl (C=O) groups is 2. The molecule has 0 amide bonds. The highest BCUT2D eigenvalue weighted by Gasteiger charge is 2.34. The topological polar surface area (TPSA) is 52.6 Å². The summed E-state index contributed by atoms with van der Waals surface area (Å²) in [5.41, 5.74) is 1.05. The molecule has 166 valence electrons.